The molecule has 7 nitrogen and oxygen atoms in total. The predicted molar refractivity (Wildman–Crippen MR) is 101 cm³/mol. The van der Waals surface area contributed by atoms with Crippen LogP contribution in [0.2, 0.25) is 0 Å². The summed E-state index contributed by atoms with van der Waals surface area (Å²) in [5.41, 5.74) is 1.83. The zero-order valence-electron chi connectivity index (χ0n) is 14.6. The van der Waals surface area contributed by atoms with Gasteiger partial charge in [-0.2, -0.15) is 0 Å². The van der Waals surface area contributed by atoms with Crippen LogP contribution in [0.15, 0.2) is 48.7 Å². The van der Waals surface area contributed by atoms with Gasteiger partial charge >= 0.3 is 6.03 Å². The van der Waals surface area contributed by atoms with Crippen molar-refractivity contribution in [2.75, 3.05) is 22.8 Å². The largest absolute Gasteiger partial charge is 0.322 e. The van der Waals surface area contributed by atoms with Crippen molar-refractivity contribution in [3.63, 3.8) is 0 Å². The van der Waals surface area contributed by atoms with Gasteiger partial charge in [0.15, 0.2) is 0 Å². The van der Waals surface area contributed by atoms with Crippen LogP contribution in [0.1, 0.15) is 31.0 Å². The van der Waals surface area contributed by atoms with Gasteiger partial charge in [0, 0.05) is 18.4 Å². The molecular formula is C18H22N4O3S. The molecule has 2 amide bonds. The summed E-state index contributed by atoms with van der Waals surface area (Å²) in [5.74, 6) is 0. The zero-order valence-corrected chi connectivity index (χ0v) is 15.4. The summed E-state index contributed by atoms with van der Waals surface area (Å²) in [5, 5.41) is 2.86. The molecule has 2 aromatic rings. The molecule has 1 aliphatic heterocycles. The smallest absolute Gasteiger partial charge is 0.316 e. The fraction of sp³-hybridized carbons (Fsp3) is 0.333. The van der Waals surface area contributed by atoms with Crippen molar-refractivity contribution in [3.05, 3.63) is 54.4 Å². The Morgan fingerprint density at radius 3 is 2.69 bits per heavy atom. The van der Waals surface area contributed by atoms with Crippen molar-refractivity contribution in [1.29, 1.82) is 0 Å². The zero-order chi connectivity index (χ0) is 18.6. The van der Waals surface area contributed by atoms with Crippen molar-refractivity contribution >= 4 is 27.4 Å². The number of likely N-dealkylation sites (tertiary alicyclic amines) is 1. The Morgan fingerprint density at radius 1 is 1.15 bits per heavy atom. The number of hydrogen-bond acceptors (Lipinski definition) is 4. The molecule has 1 aromatic heterocycles. The highest BCUT2D eigenvalue weighted by molar-refractivity contribution is 7.92. The van der Waals surface area contributed by atoms with E-state index in [9.17, 15) is 13.2 Å². The lowest BCUT2D eigenvalue weighted by Gasteiger charge is -2.35. The number of carbonyl (C=O) groups excluding carboxylic acids is 1. The summed E-state index contributed by atoms with van der Waals surface area (Å²) in [6, 6.07) is 12.1. The number of aromatic nitrogens is 1. The molecule has 8 heteroatoms. The minimum absolute atomic E-state index is 0.0534. The van der Waals surface area contributed by atoms with Gasteiger partial charge in [-0.1, -0.05) is 12.1 Å². The van der Waals surface area contributed by atoms with Crippen LogP contribution in [0, 0.1) is 0 Å². The van der Waals surface area contributed by atoms with Crippen molar-refractivity contribution in [3.8, 4) is 0 Å². The molecule has 26 heavy (non-hydrogen) atoms. The molecule has 0 aliphatic carbocycles. The van der Waals surface area contributed by atoms with Crippen LogP contribution in [0.4, 0.5) is 16.2 Å². The fourth-order valence-electron chi connectivity index (χ4n) is 3.13. The van der Waals surface area contributed by atoms with Crippen LogP contribution in [0.25, 0.3) is 0 Å². The van der Waals surface area contributed by atoms with E-state index < -0.39 is 10.0 Å². The number of urea groups is 1. The Bertz CT molecular complexity index is 871. The first-order chi connectivity index (χ1) is 12.4. The van der Waals surface area contributed by atoms with Gasteiger partial charge < -0.3 is 10.2 Å². The minimum atomic E-state index is -3.37. The molecule has 1 fully saturated rings. The van der Waals surface area contributed by atoms with Gasteiger partial charge in [-0.15, -0.1) is 0 Å². The molecule has 0 spiro atoms. The number of nitrogens with zero attached hydrogens (tertiary/aromatic N) is 2. The van der Waals surface area contributed by atoms with Crippen molar-refractivity contribution < 1.29 is 13.2 Å². The molecule has 1 aliphatic rings. The summed E-state index contributed by atoms with van der Waals surface area (Å²) in [6.07, 6.45) is 5.70. The molecule has 2 heterocycles. The maximum Gasteiger partial charge on any atom is 0.322 e. The van der Waals surface area contributed by atoms with Crippen molar-refractivity contribution in [1.82, 2.24) is 9.88 Å². The van der Waals surface area contributed by atoms with Crippen LogP contribution in [0.5, 0.6) is 0 Å². The van der Waals surface area contributed by atoms with Crippen LogP contribution in [-0.4, -0.2) is 37.1 Å². The number of amides is 2. The number of piperidine rings is 1. The van der Waals surface area contributed by atoms with Gasteiger partial charge in [0.2, 0.25) is 10.0 Å². The molecular weight excluding hydrogens is 352 g/mol. The second kappa shape index (κ2) is 7.74. The predicted octanol–water partition coefficient (Wildman–Crippen LogP) is 3.21. The molecule has 1 saturated heterocycles. The van der Waals surface area contributed by atoms with Crippen LogP contribution in [0.3, 0.4) is 0 Å². The van der Waals surface area contributed by atoms with Gasteiger partial charge in [-0.05, 0) is 49.6 Å². The number of anilines is 2. The molecule has 2 N–H and O–H groups in total. The van der Waals surface area contributed by atoms with Gasteiger partial charge in [-0.3, -0.25) is 9.71 Å². The van der Waals surface area contributed by atoms with E-state index >= 15 is 0 Å². The van der Waals surface area contributed by atoms with Gasteiger partial charge in [0.05, 0.1) is 23.7 Å². The van der Waals surface area contributed by atoms with Gasteiger partial charge in [-0.25, -0.2) is 13.2 Å². The van der Waals surface area contributed by atoms with E-state index in [0.717, 1.165) is 31.2 Å². The lowest BCUT2D eigenvalue weighted by atomic mass is 9.99. The molecule has 3 rings (SSSR count). The van der Waals surface area contributed by atoms with Crippen molar-refractivity contribution in [2.45, 2.75) is 25.3 Å². The highest BCUT2D eigenvalue weighted by atomic mass is 32.2. The SMILES string of the molecule is CS(=O)(=O)Nc1cccc(NC(=O)N2CCCCC2c2ccccn2)c1. The number of pyridine rings is 1. The number of rotatable bonds is 4. The third-order valence-corrected chi connectivity index (χ3v) is 4.82. The average molecular weight is 374 g/mol. The van der Waals surface area contributed by atoms with E-state index in [-0.39, 0.29) is 12.1 Å². The number of sulfonamides is 1. The Morgan fingerprint density at radius 2 is 1.96 bits per heavy atom. The lowest BCUT2D eigenvalue weighted by Crippen LogP contribution is -2.41. The molecule has 0 bridgehead atoms. The maximum atomic E-state index is 12.8. The standard InChI is InChI=1S/C18H22N4O3S/c1-26(24,25)21-15-8-6-7-14(13-15)20-18(23)22-12-5-3-10-17(22)16-9-2-4-11-19-16/h2,4,6-9,11,13,17,21H,3,5,10,12H2,1H3,(H,20,23). The summed E-state index contributed by atoms with van der Waals surface area (Å²) in [4.78, 5) is 19.0. The van der Waals surface area contributed by atoms with Crippen LogP contribution in [-0.2, 0) is 10.0 Å². The molecule has 0 radical (unpaired) electrons. The summed E-state index contributed by atoms with van der Waals surface area (Å²) in [7, 11) is -3.37. The molecule has 1 aromatic carbocycles. The summed E-state index contributed by atoms with van der Waals surface area (Å²) in [6.45, 7) is 0.661. The highest BCUT2D eigenvalue weighted by Gasteiger charge is 2.28. The minimum Gasteiger partial charge on any atom is -0.316 e. The van der Waals surface area contributed by atoms with Crippen LogP contribution >= 0.6 is 0 Å². The first-order valence-electron chi connectivity index (χ1n) is 8.49. The monoisotopic (exact) mass is 374 g/mol. The molecule has 1 unspecified atom stereocenters. The second-order valence-electron chi connectivity index (χ2n) is 6.34. The molecule has 1 atom stereocenters. The highest BCUT2D eigenvalue weighted by Crippen LogP contribution is 2.30. The molecule has 0 saturated carbocycles. The van der Waals surface area contributed by atoms with E-state index in [0.29, 0.717) is 17.9 Å². The summed E-state index contributed by atoms with van der Waals surface area (Å²) < 4.78 is 25.1. The summed E-state index contributed by atoms with van der Waals surface area (Å²) >= 11 is 0. The van der Waals surface area contributed by atoms with E-state index in [4.69, 9.17) is 0 Å². The topological polar surface area (TPSA) is 91.4 Å². The number of nitrogens with one attached hydrogen (secondary N) is 2. The Kier molecular flexibility index (Phi) is 5.41. The number of carbonyl (C=O) groups is 1. The number of benzene rings is 1. The van der Waals surface area contributed by atoms with E-state index in [2.05, 4.69) is 15.0 Å². The molecule has 138 valence electrons. The van der Waals surface area contributed by atoms with E-state index in [1.54, 1.807) is 35.4 Å². The third-order valence-electron chi connectivity index (χ3n) is 4.21. The lowest BCUT2D eigenvalue weighted by molar-refractivity contribution is 0.161. The second-order valence-corrected chi connectivity index (χ2v) is 8.09. The quantitative estimate of drug-likeness (QED) is 0.860. The van der Waals surface area contributed by atoms with E-state index in [1.165, 1.54) is 0 Å². The van der Waals surface area contributed by atoms with Crippen molar-refractivity contribution in [2.24, 2.45) is 0 Å². The fourth-order valence-corrected chi connectivity index (χ4v) is 3.68. The first kappa shape index (κ1) is 18.2. The average Bonchev–Trinajstić information content (AvgIpc) is 2.61. The Hall–Kier alpha value is -2.61. The number of hydrogen-bond donors (Lipinski definition) is 2. The first-order valence-corrected chi connectivity index (χ1v) is 10.4. The maximum absolute atomic E-state index is 12.8. The Balaban J connectivity index is 1.75. The van der Waals surface area contributed by atoms with Gasteiger partial charge in [0.25, 0.3) is 0 Å². The Labute approximate surface area is 153 Å². The normalized spacial score (nSPS) is 17.6. The van der Waals surface area contributed by atoms with E-state index in [1.807, 2.05) is 18.2 Å². The van der Waals surface area contributed by atoms with Gasteiger partial charge in [0.1, 0.15) is 0 Å². The van der Waals surface area contributed by atoms with Crippen LogP contribution < -0.4 is 10.0 Å². The third kappa shape index (κ3) is 4.72.